The van der Waals surface area contributed by atoms with E-state index in [1.165, 1.54) is 165 Å². The quantitative estimate of drug-likeness (QED) is 0.101. The van der Waals surface area contributed by atoms with Crippen LogP contribution in [-0.2, 0) is 0 Å². The third kappa shape index (κ3) is 18.7. The molecule has 0 aromatic heterocycles. The maximum Gasteiger partial charge on any atom is 0.0786 e. The fourth-order valence-electron chi connectivity index (χ4n) is 5.05. The third-order valence-electron chi connectivity index (χ3n) is 7.19. The van der Waals surface area contributed by atoms with Crippen LogP contribution in [0.1, 0.15) is 163 Å². The van der Waals surface area contributed by atoms with Gasteiger partial charge in [-0.3, -0.25) is 0 Å². The predicted octanol–water partition coefficient (Wildman–Crippen LogP) is 10.1. The Hall–Kier alpha value is -0.0400. The lowest BCUT2D eigenvalue weighted by atomic mass is 10.0. The Kier molecular flexibility index (Phi) is 23.6. The van der Waals surface area contributed by atoms with Gasteiger partial charge in [0.2, 0.25) is 0 Å². The monoisotopic (exact) mass is 424 g/mol. The molecular formula is C29H62N+. The minimum Gasteiger partial charge on any atom is -0.324 e. The fraction of sp³-hybridized carbons (Fsp3) is 1.00. The second-order valence-corrected chi connectivity index (χ2v) is 10.2. The molecule has 0 amide bonds. The Morgan fingerprint density at radius 1 is 0.267 bits per heavy atom. The summed E-state index contributed by atoms with van der Waals surface area (Å²) in [5, 5.41) is 0. The molecule has 0 spiro atoms. The Morgan fingerprint density at radius 2 is 0.467 bits per heavy atom. The Morgan fingerprint density at radius 3 is 0.767 bits per heavy atom. The smallest absolute Gasteiger partial charge is 0.0786 e. The average molecular weight is 425 g/mol. The van der Waals surface area contributed by atoms with Crippen LogP contribution < -0.4 is 0 Å². The Balaban J connectivity index is 4.14. The molecule has 0 saturated heterocycles. The normalized spacial score (nSPS) is 12.0. The highest BCUT2D eigenvalue weighted by atomic mass is 15.3. The number of hydrogen-bond acceptors (Lipinski definition) is 0. The van der Waals surface area contributed by atoms with Crippen molar-refractivity contribution in [2.45, 2.75) is 163 Å². The van der Waals surface area contributed by atoms with Crippen molar-refractivity contribution in [2.24, 2.45) is 0 Å². The van der Waals surface area contributed by atoms with E-state index in [-0.39, 0.29) is 0 Å². The molecule has 0 rings (SSSR count). The van der Waals surface area contributed by atoms with E-state index in [2.05, 4.69) is 27.7 Å². The molecule has 0 radical (unpaired) electrons. The van der Waals surface area contributed by atoms with Gasteiger partial charge < -0.3 is 4.48 Å². The van der Waals surface area contributed by atoms with Crippen molar-refractivity contribution < 1.29 is 4.48 Å². The minimum absolute atomic E-state index is 1.36. The third-order valence-corrected chi connectivity index (χ3v) is 7.19. The summed E-state index contributed by atoms with van der Waals surface area (Å²) in [6, 6.07) is 0. The van der Waals surface area contributed by atoms with Crippen LogP contribution in [0.2, 0.25) is 0 Å². The van der Waals surface area contributed by atoms with Gasteiger partial charge in [-0.25, -0.2) is 0 Å². The van der Waals surface area contributed by atoms with Gasteiger partial charge in [-0.05, 0) is 51.4 Å². The molecule has 1 heteroatoms. The maximum absolute atomic E-state index is 2.36. The Bertz CT molecular complexity index is 285. The van der Waals surface area contributed by atoms with Crippen LogP contribution >= 0.6 is 0 Å². The van der Waals surface area contributed by atoms with Gasteiger partial charge in [-0.15, -0.1) is 0 Å². The number of unbranched alkanes of at least 4 members (excludes halogenated alkanes) is 17. The van der Waals surface area contributed by atoms with Crippen LogP contribution in [-0.4, -0.2) is 30.7 Å². The zero-order chi connectivity index (χ0) is 22.2. The largest absolute Gasteiger partial charge is 0.324 e. The first kappa shape index (κ1) is 30.0. The summed E-state index contributed by atoms with van der Waals surface area (Å²) >= 11 is 0. The Labute approximate surface area is 193 Å². The summed E-state index contributed by atoms with van der Waals surface area (Å²) < 4.78 is 1.46. The van der Waals surface area contributed by atoms with E-state index in [1.807, 2.05) is 0 Å². The molecule has 0 atom stereocenters. The minimum atomic E-state index is 1.36. The van der Waals surface area contributed by atoms with Crippen molar-refractivity contribution in [3.8, 4) is 0 Å². The lowest BCUT2D eigenvalue weighted by Gasteiger charge is -2.39. The molecule has 0 heterocycles. The standard InChI is InChI=1S/C29H62N/c1-5-9-13-14-15-16-17-18-19-20-21-25-29-30(26-22-10-6-2,27-23-11-7-3)28-24-12-8-4/h5-29H2,1-4H3/q+1. The van der Waals surface area contributed by atoms with Crippen molar-refractivity contribution >= 4 is 0 Å². The van der Waals surface area contributed by atoms with E-state index in [9.17, 15) is 0 Å². The SMILES string of the molecule is CCCCCCCCCCCCCC[N+](CCCCC)(CCCCC)CCCCC. The first-order chi connectivity index (χ1) is 14.7. The lowest BCUT2D eigenvalue weighted by Crippen LogP contribution is -2.50. The predicted molar refractivity (Wildman–Crippen MR) is 139 cm³/mol. The molecule has 0 unspecified atom stereocenters. The van der Waals surface area contributed by atoms with Gasteiger partial charge in [-0.2, -0.15) is 0 Å². The van der Waals surface area contributed by atoms with Crippen molar-refractivity contribution in [3.63, 3.8) is 0 Å². The van der Waals surface area contributed by atoms with Crippen LogP contribution in [0, 0.1) is 0 Å². The maximum atomic E-state index is 2.36. The number of rotatable bonds is 25. The van der Waals surface area contributed by atoms with Gasteiger partial charge in [0.15, 0.2) is 0 Å². The van der Waals surface area contributed by atoms with Gasteiger partial charge in [0.25, 0.3) is 0 Å². The van der Waals surface area contributed by atoms with Gasteiger partial charge in [0.1, 0.15) is 0 Å². The van der Waals surface area contributed by atoms with Crippen molar-refractivity contribution in [1.82, 2.24) is 0 Å². The molecule has 0 aromatic rings. The molecule has 1 nitrogen and oxygen atoms in total. The van der Waals surface area contributed by atoms with E-state index in [1.54, 1.807) is 0 Å². The molecule has 0 aliphatic rings. The molecular weight excluding hydrogens is 362 g/mol. The molecule has 0 saturated carbocycles. The van der Waals surface area contributed by atoms with E-state index < -0.39 is 0 Å². The van der Waals surface area contributed by atoms with Gasteiger partial charge in [0, 0.05) is 0 Å². The topological polar surface area (TPSA) is 0 Å². The van der Waals surface area contributed by atoms with Gasteiger partial charge in [-0.1, -0.05) is 111 Å². The lowest BCUT2D eigenvalue weighted by molar-refractivity contribution is -0.929. The van der Waals surface area contributed by atoms with Crippen molar-refractivity contribution in [3.05, 3.63) is 0 Å². The average Bonchev–Trinajstić information content (AvgIpc) is 2.75. The second-order valence-electron chi connectivity index (χ2n) is 10.2. The van der Waals surface area contributed by atoms with Crippen LogP contribution in [0.3, 0.4) is 0 Å². The summed E-state index contributed by atoms with van der Waals surface area (Å²) in [6.45, 7) is 15.2. The van der Waals surface area contributed by atoms with Gasteiger partial charge >= 0.3 is 0 Å². The van der Waals surface area contributed by atoms with E-state index in [4.69, 9.17) is 0 Å². The summed E-state index contributed by atoms with van der Waals surface area (Å²) in [4.78, 5) is 0. The zero-order valence-electron chi connectivity index (χ0n) is 22.1. The highest BCUT2D eigenvalue weighted by molar-refractivity contribution is 4.53. The molecule has 0 aromatic carbocycles. The summed E-state index contributed by atoms with van der Waals surface area (Å²) in [5.74, 6) is 0. The highest BCUT2D eigenvalue weighted by Crippen LogP contribution is 2.19. The number of nitrogens with zero attached hydrogens (tertiary/aromatic N) is 1. The summed E-state index contributed by atoms with van der Waals surface area (Å²) in [6.07, 6.45) is 30.3. The fourth-order valence-corrected chi connectivity index (χ4v) is 5.05. The summed E-state index contributed by atoms with van der Waals surface area (Å²) in [7, 11) is 0. The van der Waals surface area contributed by atoms with Crippen LogP contribution in [0.15, 0.2) is 0 Å². The molecule has 0 aliphatic heterocycles. The van der Waals surface area contributed by atoms with Gasteiger partial charge in [0.05, 0.1) is 26.2 Å². The van der Waals surface area contributed by atoms with Crippen LogP contribution in [0.4, 0.5) is 0 Å². The second kappa shape index (κ2) is 23.6. The number of hydrogen-bond donors (Lipinski definition) is 0. The first-order valence-corrected chi connectivity index (χ1v) is 14.6. The highest BCUT2D eigenvalue weighted by Gasteiger charge is 2.25. The first-order valence-electron chi connectivity index (χ1n) is 14.6. The summed E-state index contributed by atoms with van der Waals surface area (Å²) in [5.41, 5.74) is 0. The molecule has 0 aliphatic carbocycles. The van der Waals surface area contributed by atoms with Crippen LogP contribution in [0.5, 0.6) is 0 Å². The molecule has 30 heavy (non-hydrogen) atoms. The number of quaternary nitrogens is 1. The molecule has 0 fully saturated rings. The molecule has 182 valence electrons. The van der Waals surface area contributed by atoms with Crippen LogP contribution in [0.25, 0.3) is 0 Å². The molecule has 0 N–H and O–H groups in total. The van der Waals surface area contributed by atoms with E-state index in [0.717, 1.165) is 0 Å². The van der Waals surface area contributed by atoms with E-state index >= 15 is 0 Å². The van der Waals surface area contributed by atoms with Crippen molar-refractivity contribution in [1.29, 1.82) is 0 Å². The molecule has 0 bridgehead atoms. The zero-order valence-corrected chi connectivity index (χ0v) is 22.1. The van der Waals surface area contributed by atoms with E-state index in [0.29, 0.717) is 0 Å². The van der Waals surface area contributed by atoms with Crippen molar-refractivity contribution in [2.75, 3.05) is 26.2 Å².